The fraction of sp³-hybridized carbons (Fsp3) is 0.263. The lowest BCUT2D eigenvalue weighted by Crippen LogP contribution is -2.31. The fourth-order valence-corrected chi connectivity index (χ4v) is 2.12. The Morgan fingerprint density at radius 2 is 1.79 bits per heavy atom. The molecule has 1 amide bonds. The van der Waals surface area contributed by atoms with Crippen molar-refractivity contribution >= 4 is 11.9 Å². The van der Waals surface area contributed by atoms with Gasteiger partial charge in [-0.15, -0.1) is 0 Å². The van der Waals surface area contributed by atoms with Crippen LogP contribution in [0.25, 0.3) is 0 Å². The largest absolute Gasteiger partial charge is 0.490 e. The topological polar surface area (TPSA) is 64.6 Å². The number of carbonyl (C=O) groups is 2. The molecule has 0 bridgehead atoms. The summed E-state index contributed by atoms with van der Waals surface area (Å²) in [4.78, 5) is 23.5. The average Bonchev–Trinajstić information content (AvgIpc) is 2.58. The van der Waals surface area contributed by atoms with Crippen LogP contribution in [0, 0.1) is 13.8 Å². The fourth-order valence-electron chi connectivity index (χ4n) is 2.12. The van der Waals surface area contributed by atoms with E-state index in [4.69, 9.17) is 9.47 Å². The van der Waals surface area contributed by atoms with E-state index in [9.17, 15) is 9.59 Å². The van der Waals surface area contributed by atoms with Crippen molar-refractivity contribution in [2.24, 2.45) is 0 Å². The van der Waals surface area contributed by atoms with Crippen LogP contribution in [0.3, 0.4) is 0 Å². The third kappa shape index (κ3) is 5.43. The van der Waals surface area contributed by atoms with Gasteiger partial charge in [-0.3, -0.25) is 9.59 Å². The molecular formula is C19H21NO4. The van der Waals surface area contributed by atoms with E-state index >= 15 is 0 Å². The predicted octanol–water partition coefficient (Wildman–Crippen LogP) is 2.66. The molecule has 0 atom stereocenters. The maximum Gasteiger partial charge on any atom is 0.325 e. The SMILES string of the molecule is Cc1cccc(C(=O)NCC(=O)OCCOc2ccccc2C)c1. The molecule has 2 aromatic carbocycles. The van der Waals surface area contributed by atoms with Crippen molar-refractivity contribution in [1.82, 2.24) is 5.32 Å². The highest BCUT2D eigenvalue weighted by Gasteiger charge is 2.09. The van der Waals surface area contributed by atoms with Gasteiger partial charge in [0.05, 0.1) is 0 Å². The first kappa shape index (κ1) is 17.5. The standard InChI is InChI=1S/C19H21NO4/c1-14-6-5-8-16(12-14)19(22)20-13-18(21)24-11-10-23-17-9-4-3-7-15(17)2/h3-9,12H,10-11,13H2,1-2H3,(H,20,22). The molecule has 0 saturated heterocycles. The quantitative estimate of drug-likeness (QED) is 0.627. The van der Waals surface area contributed by atoms with Crippen molar-refractivity contribution < 1.29 is 19.1 Å². The Kier molecular flexibility index (Phi) is 6.37. The molecule has 2 aromatic rings. The van der Waals surface area contributed by atoms with Gasteiger partial charge in [-0.05, 0) is 37.6 Å². The van der Waals surface area contributed by atoms with Gasteiger partial charge in [0.15, 0.2) is 0 Å². The zero-order valence-corrected chi connectivity index (χ0v) is 13.9. The Labute approximate surface area is 141 Å². The number of ether oxygens (including phenoxy) is 2. The monoisotopic (exact) mass is 327 g/mol. The molecule has 0 aliphatic heterocycles. The highest BCUT2D eigenvalue weighted by Crippen LogP contribution is 2.15. The van der Waals surface area contributed by atoms with E-state index in [2.05, 4.69) is 5.32 Å². The number of aryl methyl sites for hydroxylation is 2. The first-order valence-electron chi connectivity index (χ1n) is 7.75. The molecule has 5 heteroatoms. The lowest BCUT2D eigenvalue weighted by Gasteiger charge is -2.10. The molecule has 0 aliphatic carbocycles. The zero-order chi connectivity index (χ0) is 17.4. The Morgan fingerprint density at radius 3 is 2.54 bits per heavy atom. The van der Waals surface area contributed by atoms with Gasteiger partial charge in [-0.2, -0.15) is 0 Å². The lowest BCUT2D eigenvalue weighted by molar-refractivity contribution is -0.143. The van der Waals surface area contributed by atoms with Crippen molar-refractivity contribution in [2.45, 2.75) is 13.8 Å². The van der Waals surface area contributed by atoms with Gasteiger partial charge in [-0.1, -0.05) is 35.9 Å². The summed E-state index contributed by atoms with van der Waals surface area (Å²) in [5.74, 6) is -0.0301. The Hall–Kier alpha value is -2.82. The number of carbonyl (C=O) groups excluding carboxylic acids is 2. The smallest absolute Gasteiger partial charge is 0.325 e. The number of hydrogen-bond donors (Lipinski definition) is 1. The predicted molar refractivity (Wildman–Crippen MR) is 91.1 cm³/mol. The van der Waals surface area contributed by atoms with E-state index < -0.39 is 5.97 Å². The van der Waals surface area contributed by atoms with Gasteiger partial charge < -0.3 is 14.8 Å². The van der Waals surface area contributed by atoms with Crippen LogP contribution in [-0.4, -0.2) is 31.6 Å². The number of nitrogens with one attached hydrogen (secondary N) is 1. The molecule has 0 aromatic heterocycles. The minimum absolute atomic E-state index is 0.132. The highest BCUT2D eigenvalue weighted by atomic mass is 16.6. The summed E-state index contributed by atoms with van der Waals surface area (Å²) in [7, 11) is 0. The summed E-state index contributed by atoms with van der Waals surface area (Å²) in [6, 6.07) is 14.8. The second kappa shape index (κ2) is 8.72. The molecule has 24 heavy (non-hydrogen) atoms. The van der Waals surface area contributed by atoms with E-state index in [1.54, 1.807) is 18.2 Å². The number of rotatable bonds is 7. The van der Waals surface area contributed by atoms with E-state index in [-0.39, 0.29) is 25.7 Å². The zero-order valence-electron chi connectivity index (χ0n) is 13.9. The van der Waals surface area contributed by atoms with Gasteiger partial charge in [-0.25, -0.2) is 0 Å². The second-order valence-corrected chi connectivity index (χ2v) is 5.39. The molecule has 0 fully saturated rings. The highest BCUT2D eigenvalue weighted by molar-refractivity contribution is 5.96. The summed E-state index contributed by atoms with van der Waals surface area (Å²) in [5.41, 5.74) is 2.53. The van der Waals surface area contributed by atoms with Crippen LogP contribution in [0.5, 0.6) is 5.75 Å². The van der Waals surface area contributed by atoms with Crippen molar-refractivity contribution in [2.75, 3.05) is 19.8 Å². The third-order valence-electron chi connectivity index (χ3n) is 3.37. The molecule has 1 N–H and O–H groups in total. The Morgan fingerprint density at radius 1 is 1.00 bits per heavy atom. The number of hydrogen-bond acceptors (Lipinski definition) is 4. The van der Waals surface area contributed by atoms with Crippen LogP contribution in [0.15, 0.2) is 48.5 Å². The third-order valence-corrected chi connectivity index (χ3v) is 3.37. The van der Waals surface area contributed by atoms with E-state index in [0.717, 1.165) is 16.9 Å². The van der Waals surface area contributed by atoms with Gasteiger partial charge in [0.25, 0.3) is 5.91 Å². The molecular weight excluding hydrogens is 306 g/mol. The minimum Gasteiger partial charge on any atom is -0.490 e. The molecule has 0 spiro atoms. The summed E-state index contributed by atoms with van der Waals surface area (Å²) in [6.45, 7) is 4.08. The maximum absolute atomic E-state index is 11.9. The van der Waals surface area contributed by atoms with Crippen LogP contribution < -0.4 is 10.1 Å². The first-order valence-corrected chi connectivity index (χ1v) is 7.75. The van der Waals surface area contributed by atoms with Gasteiger partial charge >= 0.3 is 5.97 Å². The summed E-state index contributed by atoms with van der Waals surface area (Å²) < 4.78 is 10.6. The molecule has 0 radical (unpaired) electrons. The summed E-state index contributed by atoms with van der Waals surface area (Å²) in [6.07, 6.45) is 0. The normalized spacial score (nSPS) is 10.1. The summed E-state index contributed by atoms with van der Waals surface area (Å²) >= 11 is 0. The van der Waals surface area contributed by atoms with Crippen molar-refractivity contribution in [3.05, 3.63) is 65.2 Å². The van der Waals surface area contributed by atoms with Crippen LogP contribution in [0.4, 0.5) is 0 Å². The summed E-state index contributed by atoms with van der Waals surface area (Å²) in [5, 5.41) is 2.54. The molecule has 126 valence electrons. The van der Waals surface area contributed by atoms with Crippen LogP contribution >= 0.6 is 0 Å². The number of amides is 1. The van der Waals surface area contributed by atoms with Gasteiger partial charge in [0, 0.05) is 5.56 Å². The van der Waals surface area contributed by atoms with Gasteiger partial charge in [0.1, 0.15) is 25.5 Å². The molecule has 5 nitrogen and oxygen atoms in total. The number of benzene rings is 2. The molecule has 0 saturated carbocycles. The Balaban J connectivity index is 1.66. The van der Waals surface area contributed by atoms with Crippen molar-refractivity contribution in [1.29, 1.82) is 0 Å². The van der Waals surface area contributed by atoms with E-state index in [0.29, 0.717) is 5.56 Å². The molecule has 2 rings (SSSR count). The number of para-hydroxylation sites is 1. The van der Waals surface area contributed by atoms with Crippen molar-refractivity contribution in [3.8, 4) is 5.75 Å². The lowest BCUT2D eigenvalue weighted by atomic mass is 10.1. The minimum atomic E-state index is -0.496. The van der Waals surface area contributed by atoms with Gasteiger partial charge in [0.2, 0.25) is 0 Å². The molecule has 0 unspecified atom stereocenters. The molecule has 0 heterocycles. The molecule has 0 aliphatic rings. The maximum atomic E-state index is 11.9. The Bertz CT molecular complexity index is 712. The van der Waals surface area contributed by atoms with Crippen LogP contribution in [-0.2, 0) is 9.53 Å². The first-order chi connectivity index (χ1) is 11.6. The van der Waals surface area contributed by atoms with Crippen LogP contribution in [0.2, 0.25) is 0 Å². The average molecular weight is 327 g/mol. The number of esters is 1. The van der Waals surface area contributed by atoms with Crippen molar-refractivity contribution in [3.63, 3.8) is 0 Å². The van der Waals surface area contributed by atoms with E-state index in [1.165, 1.54) is 0 Å². The van der Waals surface area contributed by atoms with Crippen LogP contribution in [0.1, 0.15) is 21.5 Å². The second-order valence-electron chi connectivity index (χ2n) is 5.39. The van der Waals surface area contributed by atoms with E-state index in [1.807, 2.05) is 44.2 Å².